The predicted octanol–water partition coefficient (Wildman–Crippen LogP) is 1.25. The number of aromatic nitrogens is 2. The van der Waals surface area contributed by atoms with Crippen molar-refractivity contribution in [3.05, 3.63) is 18.0 Å². The molecule has 0 aromatic carbocycles. The molecule has 1 rings (SSSR count). The number of rotatable bonds is 4. The highest BCUT2D eigenvalue weighted by Crippen LogP contribution is 1.96. The van der Waals surface area contributed by atoms with Crippen LogP contribution in [0, 0.1) is 11.8 Å². The Morgan fingerprint density at radius 1 is 1.57 bits per heavy atom. The summed E-state index contributed by atoms with van der Waals surface area (Å²) in [5, 5.41) is 7.26. The predicted molar refractivity (Wildman–Crippen MR) is 57.9 cm³/mol. The van der Waals surface area contributed by atoms with Gasteiger partial charge in [-0.25, -0.2) is 0 Å². The Kier molecular flexibility index (Phi) is 4.81. The van der Waals surface area contributed by atoms with E-state index in [0.717, 1.165) is 31.5 Å². The highest BCUT2D eigenvalue weighted by atomic mass is 15.3. The Labute approximate surface area is 85.5 Å². The van der Waals surface area contributed by atoms with Crippen molar-refractivity contribution in [3.8, 4) is 11.8 Å². The molecule has 0 aliphatic rings. The Morgan fingerprint density at radius 3 is 3.14 bits per heavy atom. The molecule has 0 saturated carbocycles. The quantitative estimate of drug-likeness (QED) is 0.573. The fraction of sp³-hybridized carbons (Fsp3) is 0.545. The van der Waals surface area contributed by atoms with Crippen LogP contribution in [0.1, 0.15) is 25.3 Å². The van der Waals surface area contributed by atoms with Crippen LogP contribution in [-0.4, -0.2) is 23.4 Å². The van der Waals surface area contributed by atoms with Gasteiger partial charge in [-0.15, -0.1) is 0 Å². The van der Waals surface area contributed by atoms with Gasteiger partial charge in [0.25, 0.3) is 0 Å². The van der Waals surface area contributed by atoms with Gasteiger partial charge in [0, 0.05) is 25.7 Å². The average molecular weight is 191 g/mol. The highest BCUT2D eigenvalue weighted by molar-refractivity contribution is 5.29. The van der Waals surface area contributed by atoms with Crippen LogP contribution < -0.4 is 5.32 Å². The lowest BCUT2D eigenvalue weighted by atomic mass is 10.3. The summed E-state index contributed by atoms with van der Waals surface area (Å²) in [6, 6.07) is 0. The van der Waals surface area contributed by atoms with Crippen molar-refractivity contribution in [1.29, 1.82) is 0 Å². The molecule has 0 unspecified atom stereocenters. The zero-order valence-corrected chi connectivity index (χ0v) is 8.88. The largest absolute Gasteiger partial charge is 0.319 e. The molecule has 0 bridgehead atoms. The molecule has 0 aliphatic carbocycles. The second-order valence-corrected chi connectivity index (χ2v) is 3.15. The maximum atomic E-state index is 4.20. The van der Waals surface area contributed by atoms with Crippen molar-refractivity contribution in [3.63, 3.8) is 0 Å². The van der Waals surface area contributed by atoms with Crippen LogP contribution in [0.25, 0.3) is 0 Å². The molecule has 14 heavy (non-hydrogen) atoms. The van der Waals surface area contributed by atoms with E-state index in [1.165, 1.54) is 0 Å². The second-order valence-electron chi connectivity index (χ2n) is 3.15. The van der Waals surface area contributed by atoms with E-state index in [1.807, 2.05) is 24.1 Å². The van der Waals surface area contributed by atoms with E-state index in [2.05, 4.69) is 29.2 Å². The van der Waals surface area contributed by atoms with Crippen LogP contribution >= 0.6 is 0 Å². The SMILES string of the molecule is CCCn1cc(C#CCCNC)cn1. The van der Waals surface area contributed by atoms with E-state index in [4.69, 9.17) is 0 Å². The minimum atomic E-state index is 0.884. The van der Waals surface area contributed by atoms with Gasteiger partial charge in [0.05, 0.1) is 11.8 Å². The minimum absolute atomic E-state index is 0.884. The summed E-state index contributed by atoms with van der Waals surface area (Å²) >= 11 is 0. The van der Waals surface area contributed by atoms with Crippen LogP contribution in [0.3, 0.4) is 0 Å². The topological polar surface area (TPSA) is 29.9 Å². The summed E-state index contributed by atoms with van der Waals surface area (Å²) in [6.45, 7) is 4.05. The Bertz CT molecular complexity index is 317. The number of hydrogen-bond acceptors (Lipinski definition) is 2. The first-order valence-corrected chi connectivity index (χ1v) is 5.02. The molecule has 3 nitrogen and oxygen atoms in total. The second kappa shape index (κ2) is 6.22. The van der Waals surface area contributed by atoms with Crippen molar-refractivity contribution >= 4 is 0 Å². The number of nitrogens with one attached hydrogen (secondary N) is 1. The molecule has 0 atom stereocenters. The van der Waals surface area contributed by atoms with Gasteiger partial charge in [0.1, 0.15) is 0 Å². The van der Waals surface area contributed by atoms with E-state index in [0.29, 0.717) is 0 Å². The monoisotopic (exact) mass is 191 g/mol. The third-order valence-corrected chi connectivity index (χ3v) is 1.82. The molecule has 1 heterocycles. The maximum Gasteiger partial charge on any atom is 0.0646 e. The molecule has 76 valence electrons. The summed E-state index contributed by atoms with van der Waals surface area (Å²) in [4.78, 5) is 0. The lowest BCUT2D eigenvalue weighted by molar-refractivity contribution is 0.602. The fourth-order valence-corrected chi connectivity index (χ4v) is 1.13. The van der Waals surface area contributed by atoms with Gasteiger partial charge in [-0.1, -0.05) is 18.8 Å². The van der Waals surface area contributed by atoms with Crippen LogP contribution in [0.5, 0.6) is 0 Å². The first kappa shape index (κ1) is 10.8. The maximum absolute atomic E-state index is 4.20. The van der Waals surface area contributed by atoms with E-state index < -0.39 is 0 Å². The van der Waals surface area contributed by atoms with Crippen LogP contribution in [0.2, 0.25) is 0 Å². The van der Waals surface area contributed by atoms with Crippen molar-refractivity contribution < 1.29 is 0 Å². The molecule has 0 radical (unpaired) electrons. The summed E-state index contributed by atoms with van der Waals surface area (Å²) in [5.74, 6) is 6.18. The van der Waals surface area contributed by atoms with Crippen LogP contribution in [0.15, 0.2) is 12.4 Å². The molecule has 0 spiro atoms. The van der Waals surface area contributed by atoms with Gasteiger partial charge in [0.15, 0.2) is 0 Å². The average Bonchev–Trinajstić information content (AvgIpc) is 2.61. The molecule has 1 aromatic rings. The highest BCUT2D eigenvalue weighted by Gasteiger charge is 1.92. The Morgan fingerprint density at radius 2 is 2.43 bits per heavy atom. The van der Waals surface area contributed by atoms with Crippen LogP contribution in [0.4, 0.5) is 0 Å². The number of hydrogen-bond donors (Lipinski definition) is 1. The lowest BCUT2D eigenvalue weighted by Crippen LogP contribution is -2.05. The van der Waals surface area contributed by atoms with Gasteiger partial charge < -0.3 is 5.32 Å². The molecule has 0 amide bonds. The summed E-state index contributed by atoms with van der Waals surface area (Å²) in [7, 11) is 1.93. The van der Waals surface area contributed by atoms with Gasteiger partial charge in [0.2, 0.25) is 0 Å². The fourth-order valence-electron chi connectivity index (χ4n) is 1.13. The minimum Gasteiger partial charge on any atom is -0.319 e. The summed E-state index contributed by atoms with van der Waals surface area (Å²) in [6.07, 6.45) is 5.81. The van der Waals surface area contributed by atoms with Crippen LogP contribution in [-0.2, 0) is 6.54 Å². The van der Waals surface area contributed by atoms with Crippen molar-refractivity contribution in [2.24, 2.45) is 0 Å². The third-order valence-electron chi connectivity index (χ3n) is 1.82. The zero-order chi connectivity index (χ0) is 10.2. The Balaban J connectivity index is 2.44. The standard InChI is InChI=1S/C11H17N3/c1-3-8-14-10-11(9-13-14)6-4-5-7-12-2/h9-10,12H,3,5,7-8H2,1-2H3. The summed E-state index contributed by atoms with van der Waals surface area (Å²) < 4.78 is 1.93. The molecule has 1 N–H and O–H groups in total. The van der Waals surface area contributed by atoms with E-state index in [9.17, 15) is 0 Å². The third kappa shape index (κ3) is 3.63. The van der Waals surface area contributed by atoms with E-state index >= 15 is 0 Å². The van der Waals surface area contributed by atoms with Gasteiger partial charge in [-0.2, -0.15) is 5.10 Å². The van der Waals surface area contributed by atoms with E-state index in [1.54, 1.807) is 0 Å². The Hall–Kier alpha value is -1.27. The zero-order valence-electron chi connectivity index (χ0n) is 8.88. The molecular weight excluding hydrogens is 174 g/mol. The lowest BCUT2D eigenvalue weighted by Gasteiger charge is -1.93. The molecular formula is C11H17N3. The molecule has 0 aliphatic heterocycles. The van der Waals surface area contributed by atoms with Gasteiger partial charge in [-0.05, 0) is 13.5 Å². The van der Waals surface area contributed by atoms with Crippen molar-refractivity contribution in [2.45, 2.75) is 26.3 Å². The molecule has 1 aromatic heterocycles. The molecule has 0 fully saturated rings. The smallest absolute Gasteiger partial charge is 0.0646 e. The number of aryl methyl sites for hydroxylation is 1. The first-order chi connectivity index (χ1) is 6.86. The first-order valence-electron chi connectivity index (χ1n) is 5.02. The molecule has 0 saturated heterocycles. The van der Waals surface area contributed by atoms with Gasteiger partial charge >= 0.3 is 0 Å². The molecule has 3 heteroatoms. The van der Waals surface area contributed by atoms with E-state index in [-0.39, 0.29) is 0 Å². The number of nitrogens with zero attached hydrogens (tertiary/aromatic N) is 2. The summed E-state index contributed by atoms with van der Waals surface area (Å²) in [5.41, 5.74) is 1.01. The van der Waals surface area contributed by atoms with Gasteiger partial charge in [-0.3, -0.25) is 4.68 Å². The van der Waals surface area contributed by atoms with Crippen molar-refractivity contribution in [1.82, 2.24) is 15.1 Å². The normalized spacial score (nSPS) is 9.57. The van der Waals surface area contributed by atoms with Crippen molar-refractivity contribution in [2.75, 3.05) is 13.6 Å².